The van der Waals surface area contributed by atoms with E-state index in [2.05, 4.69) is 0 Å². The Hall–Kier alpha value is -4.15. The first-order valence-electron chi connectivity index (χ1n) is 12.1. The van der Waals surface area contributed by atoms with Crippen molar-refractivity contribution < 1.29 is 23.7 Å². The van der Waals surface area contributed by atoms with Gasteiger partial charge in [-0.3, -0.25) is 9.36 Å². The van der Waals surface area contributed by atoms with Gasteiger partial charge in [0.1, 0.15) is 6.04 Å². The van der Waals surface area contributed by atoms with Crippen LogP contribution in [-0.4, -0.2) is 38.5 Å². The molecule has 0 amide bonds. The van der Waals surface area contributed by atoms with Crippen LogP contribution in [0.3, 0.4) is 0 Å². The van der Waals surface area contributed by atoms with Gasteiger partial charge in [0.2, 0.25) is 5.75 Å². The van der Waals surface area contributed by atoms with E-state index in [4.69, 9.17) is 23.9 Å². The van der Waals surface area contributed by atoms with E-state index in [1.54, 1.807) is 29.7 Å². The summed E-state index contributed by atoms with van der Waals surface area (Å²) in [5.41, 5.74) is 2.02. The average Bonchev–Trinajstić information content (AvgIpc) is 3.60. The lowest BCUT2D eigenvalue weighted by molar-refractivity contribution is -0.138. The first-order valence-corrected chi connectivity index (χ1v) is 13.8. The lowest BCUT2D eigenvalue weighted by atomic mass is 9.97. The van der Waals surface area contributed by atoms with Gasteiger partial charge in [-0.05, 0) is 42.1 Å². The van der Waals surface area contributed by atoms with E-state index < -0.39 is 12.0 Å². The lowest BCUT2D eigenvalue weighted by Gasteiger charge is -2.24. The van der Waals surface area contributed by atoms with E-state index in [1.807, 2.05) is 47.8 Å². The molecular weight excluding hydrogens is 536 g/mol. The summed E-state index contributed by atoms with van der Waals surface area (Å²) in [5.74, 6) is 0.909. The van der Waals surface area contributed by atoms with Crippen molar-refractivity contribution in [1.82, 2.24) is 4.57 Å². The molecule has 200 valence electrons. The van der Waals surface area contributed by atoms with Crippen LogP contribution >= 0.6 is 22.7 Å². The smallest absolute Gasteiger partial charge is 0.338 e. The highest BCUT2D eigenvalue weighted by molar-refractivity contribution is 7.10. The molecule has 0 spiro atoms. The monoisotopic (exact) mass is 562 g/mol. The minimum Gasteiger partial charge on any atom is -0.493 e. The number of nitrogens with zero attached hydrogens (tertiary/aromatic N) is 2. The number of benzene rings is 2. The molecule has 8 nitrogen and oxygen atoms in total. The fraction of sp³-hybridized carbons (Fsp3) is 0.207. The van der Waals surface area contributed by atoms with Crippen LogP contribution in [0.2, 0.25) is 0 Å². The third-order valence-electron chi connectivity index (χ3n) is 6.17. The van der Waals surface area contributed by atoms with Gasteiger partial charge >= 0.3 is 5.97 Å². The summed E-state index contributed by atoms with van der Waals surface area (Å²) >= 11 is 2.72. The van der Waals surface area contributed by atoms with Crippen LogP contribution in [0, 0.1) is 0 Å². The van der Waals surface area contributed by atoms with Gasteiger partial charge in [-0.2, -0.15) is 0 Å². The van der Waals surface area contributed by atoms with E-state index in [-0.39, 0.29) is 12.2 Å². The third kappa shape index (κ3) is 4.88. The summed E-state index contributed by atoms with van der Waals surface area (Å²) in [5, 5.41) is 1.92. The van der Waals surface area contributed by atoms with Crippen molar-refractivity contribution in [3.8, 4) is 17.2 Å². The zero-order valence-corrected chi connectivity index (χ0v) is 23.4. The topological polar surface area (TPSA) is 88.4 Å². The molecule has 0 saturated carbocycles. The predicted octanol–water partition coefficient (Wildman–Crippen LogP) is 4.02. The molecule has 0 aliphatic carbocycles. The summed E-state index contributed by atoms with van der Waals surface area (Å²) in [7, 11) is 4.62. The molecule has 2 aromatic heterocycles. The van der Waals surface area contributed by atoms with E-state index in [0.717, 1.165) is 10.4 Å². The van der Waals surface area contributed by atoms with E-state index in [0.29, 0.717) is 43.4 Å². The molecule has 0 radical (unpaired) electrons. The normalized spacial score (nSPS) is 15.0. The van der Waals surface area contributed by atoms with Crippen LogP contribution in [0.25, 0.3) is 11.8 Å². The van der Waals surface area contributed by atoms with Crippen LogP contribution in [-0.2, 0) is 9.53 Å². The van der Waals surface area contributed by atoms with Crippen molar-refractivity contribution in [1.29, 1.82) is 0 Å². The summed E-state index contributed by atoms with van der Waals surface area (Å²) in [6.45, 7) is 1.96. The Balaban J connectivity index is 1.78. The highest BCUT2D eigenvalue weighted by Gasteiger charge is 2.35. The van der Waals surface area contributed by atoms with Crippen LogP contribution in [0.15, 0.2) is 75.3 Å². The fourth-order valence-corrected chi connectivity index (χ4v) is 6.32. The van der Waals surface area contributed by atoms with Crippen molar-refractivity contribution >= 4 is 40.4 Å². The zero-order chi connectivity index (χ0) is 27.5. The fourth-order valence-electron chi connectivity index (χ4n) is 4.49. The Kier molecular flexibility index (Phi) is 7.67. The molecule has 0 N–H and O–H groups in total. The maximum absolute atomic E-state index is 13.9. The quantitative estimate of drug-likeness (QED) is 0.302. The van der Waals surface area contributed by atoms with E-state index in [9.17, 15) is 9.59 Å². The minimum atomic E-state index is -0.683. The minimum absolute atomic E-state index is 0.202. The second-order valence-corrected chi connectivity index (χ2v) is 10.4. The molecule has 4 aromatic rings. The van der Waals surface area contributed by atoms with Crippen LogP contribution in [0.1, 0.15) is 29.0 Å². The summed E-state index contributed by atoms with van der Waals surface area (Å²) in [6, 6.07) is 16.2. The molecular formula is C29H26N2O6S2. The molecule has 39 heavy (non-hydrogen) atoms. The maximum Gasteiger partial charge on any atom is 0.338 e. The Labute approximate surface area is 232 Å². The molecule has 2 aromatic carbocycles. The van der Waals surface area contributed by atoms with Gasteiger partial charge in [0.25, 0.3) is 5.56 Å². The molecule has 1 aliphatic rings. The van der Waals surface area contributed by atoms with Crippen molar-refractivity contribution in [3.63, 3.8) is 0 Å². The predicted molar refractivity (Wildman–Crippen MR) is 151 cm³/mol. The highest BCUT2D eigenvalue weighted by atomic mass is 32.1. The van der Waals surface area contributed by atoms with Gasteiger partial charge in [-0.15, -0.1) is 11.3 Å². The third-order valence-corrected chi connectivity index (χ3v) is 8.08. The van der Waals surface area contributed by atoms with Crippen molar-refractivity contribution in [2.75, 3.05) is 27.9 Å². The number of thiophene rings is 1. The highest BCUT2D eigenvalue weighted by Crippen LogP contribution is 2.39. The van der Waals surface area contributed by atoms with Crippen LogP contribution in [0.4, 0.5) is 0 Å². The van der Waals surface area contributed by atoms with Gasteiger partial charge in [-0.25, -0.2) is 9.79 Å². The van der Waals surface area contributed by atoms with Crippen molar-refractivity contribution in [3.05, 3.63) is 101 Å². The van der Waals surface area contributed by atoms with Crippen LogP contribution in [0.5, 0.6) is 17.2 Å². The number of fused-ring (bicyclic) bond motifs is 1. The number of methoxy groups -OCH3 is 3. The number of hydrogen-bond acceptors (Lipinski definition) is 9. The molecule has 0 fully saturated rings. The SMILES string of the molecule is CCOC(=O)C1=C(c2ccccc2)N=c2s/c(=C\c3cc(OC)c(OC)c(OC)c3)c(=O)n2C1c1cccs1. The number of aromatic nitrogens is 1. The van der Waals surface area contributed by atoms with E-state index >= 15 is 0 Å². The summed E-state index contributed by atoms with van der Waals surface area (Å²) in [6.07, 6.45) is 1.76. The molecule has 10 heteroatoms. The standard InChI is InChI=1S/C29H26N2O6S2/c1-5-37-28(33)23-24(18-10-7-6-8-11-18)30-29-31(25(23)21-12-9-13-38-21)27(32)22(39-29)16-17-14-19(34-2)26(36-4)20(15-17)35-3/h6-16,25H,5H2,1-4H3/b22-16-. The van der Waals surface area contributed by atoms with Crippen molar-refractivity contribution in [2.45, 2.75) is 13.0 Å². The zero-order valence-electron chi connectivity index (χ0n) is 21.8. The molecule has 0 bridgehead atoms. The largest absolute Gasteiger partial charge is 0.493 e. The molecule has 0 saturated heterocycles. The number of hydrogen-bond donors (Lipinski definition) is 0. The second kappa shape index (κ2) is 11.3. The molecule has 5 rings (SSSR count). The van der Waals surface area contributed by atoms with Crippen LogP contribution < -0.4 is 29.1 Å². The Morgan fingerprint density at radius 3 is 2.33 bits per heavy atom. The Morgan fingerprint density at radius 2 is 1.74 bits per heavy atom. The second-order valence-electron chi connectivity index (χ2n) is 8.41. The molecule has 3 heterocycles. The first-order chi connectivity index (χ1) is 19.0. The Bertz CT molecular complexity index is 1690. The summed E-state index contributed by atoms with van der Waals surface area (Å²) < 4.78 is 23.9. The van der Waals surface area contributed by atoms with Gasteiger partial charge in [0.05, 0.1) is 43.7 Å². The van der Waals surface area contributed by atoms with Gasteiger partial charge in [-0.1, -0.05) is 47.7 Å². The van der Waals surface area contributed by atoms with Crippen molar-refractivity contribution in [2.24, 2.45) is 4.99 Å². The summed E-state index contributed by atoms with van der Waals surface area (Å²) in [4.78, 5) is 33.5. The number of ether oxygens (including phenoxy) is 4. The van der Waals surface area contributed by atoms with Gasteiger partial charge < -0.3 is 18.9 Å². The average molecular weight is 563 g/mol. The van der Waals surface area contributed by atoms with E-state index in [1.165, 1.54) is 44.0 Å². The number of carbonyl (C=O) groups excluding carboxylic acids is 1. The lowest BCUT2D eigenvalue weighted by Crippen LogP contribution is -2.39. The number of esters is 1. The molecule has 1 atom stereocenters. The first kappa shape index (κ1) is 26.5. The number of rotatable bonds is 8. The van der Waals surface area contributed by atoms with Gasteiger partial charge in [0.15, 0.2) is 16.3 Å². The molecule has 1 aliphatic heterocycles. The number of thiazole rings is 1. The maximum atomic E-state index is 13.9. The Morgan fingerprint density at radius 1 is 1.03 bits per heavy atom. The van der Waals surface area contributed by atoms with Gasteiger partial charge in [0, 0.05) is 10.4 Å². The number of carbonyl (C=O) groups is 1. The molecule has 1 unspecified atom stereocenters.